The van der Waals surface area contributed by atoms with Crippen LogP contribution >= 0.6 is 0 Å². The molecule has 0 atom stereocenters. The Kier molecular flexibility index (Phi) is 5.20. The molecular weight excluding hydrogens is 388 g/mol. The first-order chi connectivity index (χ1) is 15.0. The van der Waals surface area contributed by atoms with Gasteiger partial charge in [0.25, 0.3) is 0 Å². The second-order valence-electron chi connectivity index (χ2n) is 9.84. The lowest BCUT2D eigenvalue weighted by Gasteiger charge is -2.55. The van der Waals surface area contributed by atoms with Crippen LogP contribution in [-0.4, -0.2) is 18.4 Å². The summed E-state index contributed by atoms with van der Waals surface area (Å²) in [6, 6.07) is 15.1. The fraction of sp³-hybridized carbons (Fsp3) is 0.462. The molecule has 2 amide bonds. The van der Waals surface area contributed by atoms with Gasteiger partial charge >= 0.3 is 0 Å². The van der Waals surface area contributed by atoms with Crippen LogP contribution in [0, 0.1) is 30.1 Å². The molecule has 2 aromatic carbocycles. The Labute approximate surface area is 183 Å². The monoisotopic (exact) mass is 418 g/mol. The first-order valence-corrected chi connectivity index (χ1v) is 11.4. The molecule has 4 aliphatic rings. The third kappa shape index (κ3) is 4.18. The molecule has 162 valence electrons. The maximum Gasteiger partial charge on any atom is 0.243 e. The summed E-state index contributed by atoms with van der Waals surface area (Å²) >= 11 is 0. The number of para-hydroxylation sites is 2. The molecule has 2 aromatic rings. The number of ether oxygens (including phenoxy) is 1. The molecule has 4 bridgehead atoms. The Morgan fingerprint density at radius 3 is 2.19 bits per heavy atom. The number of anilines is 1. The SMILES string of the molecule is Cc1ccc(Oc2ccccc2NC(=O)CNC(=O)C23CC4CC(CC(C4)C2)C3)cc1. The topological polar surface area (TPSA) is 67.4 Å². The minimum atomic E-state index is -0.238. The van der Waals surface area contributed by atoms with E-state index in [1.165, 1.54) is 19.3 Å². The Morgan fingerprint density at radius 1 is 0.935 bits per heavy atom. The van der Waals surface area contributed by atoms with Crippen molar-refractivity contribution in [2.45, 2.75) is 45.4 Å². The zero-order valence-corrected chi connectivity index (χ0v) is 18.0. The fourth-order valence-electron chi connectivity index (χ4n) is 6.32. The van der Waals surface area contributed by atoms with Crippen molar-refractivity contribution in [2.75, 3.05) is 11.9 Å². The van der Waals surface area contributed by atoms with E-state index in [1.807, 2.05) is 55.5 Å². The Morgan fingerprint density at radius 2 is 1.55 bits per heavy atom. The summed E-state index contributed by atoms with van der Waals surface area (Å²) in [5.74, 6) is 3.24. The number of aryl methyl sites for hydroxylation is 1. The summed E-state index contributed by atoms with van der Waals surface area (Å²) in [4.78, 5) is 25.7. The van der Waals surface area contributed by atoms with E-state index < -0.39 is 0 Å². The van der Waals surface area contributed by atoms with Crippen LogP contribution in [0.15, 0.2) is 48.5 Å². The standard InChI is InChI=1S/C26H30N2O3/c1-17-6-8-21(9-7-17)31-23-5-3-2-4-22(23)28-24(29)16-27-25(30)26-13-18-10-19(14-26)12-20(11-18)15-26/h2-9,18-20H,10-16H2,1H3,(H,27,30)(H,28,29). The highest BCUT2D eigenvalue weighted by Gasteiger charge is 2.54. The van der Waals surface area contributed by atoms with Gasteiger partial charge in [0.1, 0.15) is 5.75 Å². The molecule has 0 aliphatic heterocycles. The second-order valence-corrected chi connectivity index (χ2v) is 9.84. The Hall–Kier alpha value is -2.82. The first kappa shape index (κ1) is 20.1. The molecule has 6 rings (SSSR count). The van der Waals surface area contributed by atoms with Crippen LogP contribution < -0.4 is 15.4 Å². The van der Waals surface area contributed by atoms with Crippen molar-refractivity contribution in [3.05, 3.63) is 54.1 Å². The minimum Gasteiger partial charge on any atom is -0.455 e. The van der Waals surface area contributed by atoms with Crippen LogP contribution in [0.5, 0.6) is 11.5 Å². The molecular formula is C26H30N2O3. The highest BCUT2D eigenvalue weighted by atomic mass is 16.5. The van der Waals surface area contributed by atoms with E-state index in [0.29, 0.717) is 34.9 Å². The van der Waals surface area contributed by atoms with Gasteiger partial charge in [0.15, 0.2) is 5.75 Å². The quantitative estimate of drug-likeness (QED) is 0.689. The number of hydrogen-bond acceptors (Lipinski definition) is 3. The largest absolute Gasteiger partial charge is 0.455 e. The van der Waals surface area contributed by atoms with Gasteiger partial charge < -0.3 is 15.4 Å². The summed E-state index contributed by atoms with van der Waals surface area (Å²) in [5, 5.41) is 5.84. The highest BCUT2D eigenvalue weighted by molar-refractivity contribution is 5.96. The maximum absolute atomic E-state index is 13.1. The Bertz CT molecular complexity index is 947. The van der Waals surface area contributed by atoms with Crippen molar-refractivity contribution in [3.63, 3.8) is 0 Å². The van der Waals surface area contributed by atoms with Crippen LogP contribution in [-0.2, 0) is 9.59 Å². The predicted octanol–water partition coefficient (Wildman–Crippen LogP) is 5.06. The molecule has 0 unspecified atom stereocenters. The predicted molar refractivity (Wildman–Crippen MR) is 120 cm³/mol. The van der Waals surface area contributed by atoms with Crippen molar-refractivity contribution < 1.29 is 14.3 Å². The van der Waals surface area contributed by atoms with Gasteiger partial charge in [-0.05, 0) is 87.5 Å². The summed E-state index contributed by atoms with van der Waals surface area (Å²) < 4.78 is 5.95. The second kappa shape index (κ2) is 8.03. The summed E-state index contributed by atoms with van der Waals surface area (Å²) in [6.45, 7) is 2.01. The molecule has 0 heterocycles. The Balaban J connectivity index is 1.20. The van der Waals surface area contributed by atoms with Crippen LogP contribution in [0.4, 0.5) is 5.69 Å². The fourth-order valence-corrected chi connectivity index (χ4v) is 6.32. The summed E-state index contributed by atoms with van der Waals surface area (Å²) in [6.07, 6.45) is 6.89. The van der Waals surface area contributed by atoms with E-state index in [0.717, 1.165) is 24.8 Å². The van der Waals surface area contributed by atoms with Crippen molar-refractivity contribution in [2.24, 2.45) is 23.2 Å². The van der Waals surface area contributed by atoms with Gasteiger partial charge in [-0.3, -0.25) is 9.59 Å². The number of carbonyl (C=O) groups excluding carboxylic acids is 2. The van der Waals surface area contributed by atoms with Gasteiger partial charge in [-0.25, -0.2) is 0 Å². The summed E-state index contributed by atoms with van der Waals surface area (Å²) in [5.41, 5.74) is 1.52. The molecule has 5 heteroatoms. The number of amides is 2. The third-order valence-electron chi connectivity index (χ3n) is 7.34. The van der Waals surface area contributed by atoms with Crippen LogP contribution in [0.2, 0.25) is 0 Å². The average Bonchev–Trinajstić information content (AvgIpc) is 2.74. The highest BCUT2D eigenvalue weighted by Crippen LogP contribution is 2.60. The van der Waals surface area contributed by atoms with E-state index in [4.69, 9.17) is 4.74 Å². The normalized spacial score (nSPS) is 28.2. The molecule has 0 spiro atoms. The van der Waals surface area contributed by atoms with Crippen molar-refractivity contribution >= 4 is 17.5 Å². The van der Waals surface area contributed by atoms with Gasteiger partial charge in [-0.2, -0.15) is 0 Å². The van der Waals surface area contributed by atoms with Crippen molar-refractivity contribution in [1.29, 1.82) is 0 Å². The lowest BCUT2D eigenvalue weighted by molar-refractivity contribution is -0.146. The van der Waals surface area contributed by atoms with E-state index in [2.05, 4.69) is 10.6 Å². The molecule has 4 aliphatic carbocycles. The molecule has 4 saturated carbocycles. The van der Waals surface area contributed by atoms with E-state index in [9.17, 15) is 9.59 Å². The van der Waals surface area contributed by atoms with Gasteiger partial charge in [-0.1, -0.05) is 29.8 Å². The number of carbonyl (C=O) groups is 2. The first-order valence-electron chi connectivity index (χ1n) is 11.4. The van der Waals surface area contributed by atoms with E-state index >= 15 is 0 Å². The minimum absolute atomic E-state index is 0.0144. The van der Waals surface area contributed by atoms with E-state index in [-0.39, 0.29) is 23.8 Å². The van der Waals surface area contributed by atoms with Crippen LogP contribution in [0.3, 0.4) is 0 Å². The van der Waals surface area contributed by atoms with Crippen molar-refractivity contribution in [1.82, 2.24) is 5.32 Å². The number of benzene rings is 2. The number of hydrogen-bond donors (Lipinski definition) is 2. The smallest absolute Gasteiger partial charge is 0.243 e. The molecule has 0 saturated heterocycles. The third-order valence-corrected chi connectivity index (χ3v) is 7.34. The van der Waals surface area contributed by atoms with Gasteiger partial charge in [0, 0.05) is 5.41 Å². The average molecular weight is 419 g/mol. The van der Waals surface area contributed by atoms with Crippen LogP contribution in [0.1, 0.15) is 44.1 Å². The molecule has 2 N–H and O–H groups in total. The van der Waals surface area contributed by atoms with E-state index in [1.54, 1.807) is 0 Å². The molecule has 4 fully saturated rings. The van der Waals surface area contributed by atoms with Crippen LogP contribution in [0.25, 0.3) is 0 Å². The molecule has 31 heavy (non-hydrogen) atoms. The molecule has 5 nitrogen and oxygen atoms in total. The zero-order chi connectivity index (χ0) is 21.4. The molecule has 0 aromatic heterocycles. The van der Waals surface area contributed by atoms with Crippen molar-refractivity contribution in [3.8, 4) is 11.5 Å². The molecule has 0 radical (unpaired) electrons. The maximum atomic E-state index is 13.1. The summed E-state index contributed by atoms with van der Waals surface area (Å²) in [7, 11) is 0. The number of rotatable bonds is 6. The lowest BCUT2D eigenvalue weighted by Crippen LogP contribution is -2.54. The lowest BCUT2D eigenvalue weighted by atomic mass is 9.49. The van der Waals surface area contributed by atoms with Gasteiger partial charge in [-0.15, -0.1) is 0 Å². The van der Waals surface area contributed by atoms with Gasteiger partial charge in [0.05, 0.1) is 12.2 Å². The zero-order valence-electron chi connectivity index (χ0n) is 18.0. The van der Waals surface area contributed by atoms with Gasteiger partial charge in [0.2, 0.25) is 11.8 Å². The number of nitrogens with one attached hydrogen (secondary N) is 2.